The Morgan fingerprint density at radius 2 is 0.840 bits per heavy atom. The molecular weight excluding hydrogens is 613 g/mol. The number of rotatable bonds is 4. The van der Waals surface area contributed by atoms with Crippen molar-refractivity contribution in [3.05, 3.63) is 162 Å². The number of hydrogen-bond acceptors (Lipinski definition) is 4. The van der Waals surface area contributed by atoms with E-state index >= 15 is 0 Å². The molecule has 3 heterocycles. The van der Waals surface area contributed by atoms with Gasteiger partial charge in [-0.3, -0.25) is 0 Å². The summed E-state index contributed by atoms with van der Waals surface area (Å²) in [5, 5.41) is 33.0. The molecule has 230 valence electrons. The number of nitriles is 3. The van der Waals surface area contributed by atoms with Crippen molar-refractivity contribution in [1.29, 1.82) is 15.8 Å². The maximum Gasteiger partial charge on any atom is 0.0991 e. The van der Waals surface area contributed by atoms with Crippen LogP contribution < -0.4 is 0 Å². The number of pyridine rings is 1. The van der Waals surface area contributed by atoms with Crippen molar-refractivity contribution >= 4 is 43.6 Å². The van der Waals surface area contributed by atoms with Crippen LogP contribution in [0.25, 0.3) is 77.5 Å². The molecule has 0 unspecified atom stereocenters. The van der Waals surface area contributed by atoms with Gasteiger partial charge in [-0.15, -0.1) is 0 Å². The molecule has 0 aliphatic rings. The van der Waals surface area contributed by atoms with E-state index in [4.69, 9.17) is 4.98 Å². The summed E-state index contributed by atoms with van der Waals surface area (Å²) < 4.78 is 4.51. The first-order valence-electron chi connectivity index (χ1n) is 16.1. The van der Waals surface area contributed by atoms with Gasteiger partial charge in [0.25, 0.3) is 0 Å². The standard InChI is InChI=1S/C44H24N6/c45-25-28-12-16-31(17-13-28)39-8-5-9-40(48-39)32-22-33(49-41-10-3-1-6-35(41)36-7-2-4-11-42(36)49)24-34(23-32)50-43-18-14-29(26-46)20-37(43)38-21-30(27-47)15-19-44(38)50/h1-24H. The molecule has 0 N–H and O–H groups in total. The quantitative estimate of drug-likeness (QED) is 0.192. The van der Waals surface area contributed by atoms with E-state index in [0.717, 1.165) is 66.7 Å². The highest BCUT2D eigenvalue weighted by Gasteiger charge is 2.18. The minimum Gasteiger partial charge on any atom is -0.309 e. The van der Waals surface area contributed by atoms with Gasteiger partial charge in [-0.25, -0.2) is 4.98 Å². The van der Waals surface area contributed by atoms with Crippen LogP contribution >= 0.6 is 0 Å². The molecule has 0 amide bonds. The summed E-state index contributed by atoms with van der Waals surface area (Å²) in [6.07, 6.45) is 0. The highest BCUT2D eigenvalue weighted by molar-refractivity contribution is 6.11. The third-order valence-corrected chi connectivity index (χ3v) is 9.38. The Labute approximate surface area is 287 Å². The van der Waals surface area contributed by atoms with Crippen LogP contribution in [0.15, 0.2) is 146 Å². The molecule has 9 aromatic rings. The van der Waals surface area contributed by atoms with E-state index in [1.54, 1.807) is 0 Å². The molecule has 0 saturated heterocycles. The molecule has 6 heteroatoms. The summed E-state index contributed by atoms with van der Waals surface area (Å²) >= 11 is 0. The lowest BCUT2D eigenvalue weighted by Gasteiger charge is -2.16. The number of fused-ring (bicyclic) bond motifs is 6. The molecule has 0 spiro atoms. The molecule has 0 aliphatic heterocycles. The summed E-state index contributed by atoms with van der Waals surface area (Å²) in [5.41, 5.74) is 11.1. The van der Waals surface area contributed by atoms with Crippen molar-refractivity contribution in [2.24, 2.45) is 0 Å². The number of hydrogen-bond donors (Lipinski definition) is 0. The predicted octanol–water partition coefficient (Wildman–Crippen LogP) is 10.2. The van der Waals surface area contributed by atoms with E-state index in [1.165, 1.54) is 10.8 Å². The zero-order valence-electron chi connectivity index (χ0n) is 26.5. The van der Waals surface area contributed by atoms with Crippen molar-refractivity contribution in [2.45, 2.75) is 0 Å². The molecule has 3 aromatic heterocycles. The highest BCUT2D eigenvalue weighted by Crippen LogP contribution is 2.38. The predicted molar refractivity (Wildman–Crippen MR) is 198 cm³/mol. The molecule has 6 aromatic carbocycles. The van der Waals surface area contributed by atoms with E-state index in [2.05, 4.69) is 94.1 Å². The van der Waals surface area contributed by atoms with Crippen LogP contribution in [0.2, 0.25) is 0 Å². The minimum absolute atomic E-state index is 0.558. The van der Waals surface area contributed by atoms with Crippen LogP contribution in [0.4, 0.5) is 0 Å². The first kappa shape index (κ1) is 28.7. The van der Waals surface area contributed by atoms with Crippen molar-refractivity contribution < 1.29 is 0 Å². The lowest BCUT2D eigenvalue weighted by molar-refractivity contribution is 1.13. The Morgan fingerprint density at radius 1 is 0.380 bits per heavy atom. The van der Waals surface area contributed by atoms with Gasteiger partial charge in [-0.1, -0.05) is 54.6 Å². The number of nitrogens with zero attached hydrogens (tertiary/aromatic N) is 6. The maximum atomic E-state index is 9.77. The smallest absolute Gasteiger partial charge is 0.0991 e. The van der Waals surface area contributed by atoms with Gasteiger partial charge >= 0.3 is 0 Å². The summed E-state index contributed by atoms with van der Waals surface area (Å²) in [6, 6.07) is 55.1. The first-order valence-corrected chi connectivity index (χ1v) is 16.1. The fourth-order valence-electron chi connectivity index (χ4n) is 7.11. The van der Waals surface area contributed by atoms with E-state index in [-0.39, 0.29) is 0 Å². The normalized spacial score (nSPS) is 11.1. The van der Waals surface area contributed by atoms with Crippen molar-refractivity contribution in [3.8, 4) is 52.1 Å². The second-order valence-electron chi connectivity index (χ2n) is 12.2. The molecular formula is C44H24N6. The van der Waals surface area contributed by atoms with Crippen LogP contribution in [0.3, 0.4) is 0 Å². The van der Waals surface area contributed by atoms with Crippen LogP contribution in [0, 0.1) is 34.0 Å². The van der Waals surface area contributed by atoms with Crippen LogP contribution in [0.1, 0.15) is 16.7 Å². The third-order valence-electron chi connectivity index (χ3n) is 9.38. The van der Waals surface area contributed by atoms with Crippen LogP contribution in [-0.4, -0.2) is 14.1 Å². The minimum atomic E-state index is 0.558. The van der Waals surface area contributed by atoms with Crippen LogP contribution in [-0.2, 0) is 0 Å². The lowest BCUT2D eigenvalue weighted by Crippen LogP contribution is -2.01. The van der Waals surface area contributed by atoms with E-state index in [9.17, 15) is 15.8 Å². The Kier molecular flexibility index (Phi) is 6.53. The molecule has 0 saturated carbocycles. The fourth-order valence-corrected chi connectivity index (χ4v) is 7.11. The highest BCUT2D eigenvalue weighted by atomic mass is 15.0. The molecule has 0 radical (unpaired) electrons. The molecule has 0 bridgehead atoms. The van der Waals surface area contributed by atoms with Gasteiger partial charge < -0.3 is 9.13 Å². The third kappa shape index (κ3) is 4.51. The lowest BCUT2D eigenvalue weighted by atomic mass is 10.1. The molecule has 50 heavy (non-hydrogen) atoms. The summed E-state index contributed by atoms with van der Waals surface area (Å²) in [6.45, 7) is 0. The fraction of sp³-hybridized carbons (Fsp3) is 0. The second kappa shape index (κ2) is 11.4. The zero-order chi connectivity index (χ0) is 33.8. The van der Waals surface area contributed by atoms with Gasteiger partial charge in [-0.05, 0) is 91.0 Å². The average molecular weight is 637 g/mol. The first-order chi connectivity index (χ1) is 24.6. The Bertz CT molecular complexity index is 2830. The van der Waals surface area contributed by atoms with Crippen LogP contribution in [0.5, 0.6) is 0 Å². The van der Waals surface area contributed by atoms with Gasteiger partial charge in [0.1, 0.15) is 0 Å². The van der Waals surface area contributed by atoms with E-state index in [1.807, 2.05) is 78.9 Å². The number of aromatic nitrogens is 3. The van der Waals surface area contributed by atoms with Crippen molar-refractivity contribution in [2.75, 3.05) is 0 Å². The monoisotopic (exact) mass is 636 g/mol. The van der Waals surface area contributed by atoms with Gasteiger partial charge in [0, 0.05) is 44.0 Å². The maximum absolute atomic E-state index is 9.77. The zero-order valence-corrected chi connectivity index (χ0v) is 26.5. The van der Waals surface area contributed by atoms with Gasteiger partial charge in [-0.2, -0.15) is 15.8 Å². The SMILES string of the molecule is N#Cc1ccc(-c2cccc(-c3cc(-n4c5ccccc5c5ccccc54)cc(-n4c5ccc(C#N)cc5c5cc(C#N)ccc54)c3)n2)cc1. The topological polar surface area (TPSA) is 94.1 Å². The molecule has 6 nitrogen and oxygen atoms in total. The Balaban J connectivity index is 1.36. The van der Waals surface area contributed by atoms with Gasteiger partial charge in [0.05, 0.1) is 68.4 Å². The van der Waals surface area contributed by atoms with E-state index in [0.29, 0.717) is 16.7 Å². The largest absolute Gasteiger partial charge is 0.309 e. The summed E-state index contributed by atoms with van der Waals surface area (Å²) in [5.74, 6) is 0. The number of para-hydroxylation sites is 2. The molecule has 0 aliphatic carbocycles. The molecule has 0 atom stereocenters. The summed E-state index contributed by atoms with van der Waals surface area (Å²) in [4.78, 5) is 5.13. The Hall–Kier alpha value is -7.46. The molecule has 0 fully saturated rings. The van der Waals surface area contributed by atoms with Gasteiger partial charge in [0.15, 0.2) is 0 Å². The van der Waals surface area contributed by atoms with E-state index < -0.39 is 0 Å². The molecule has 9 rings (SSSR count). The second-order valence-corrected chi connectivity index (χ2v) is 12.2. The Morgan fingerprint density at radius 3 is 1.36 bits per heavy atom. The summed E-state index contributed by atoms with van der Waals surface area (Å²) in [7, 11) is 0. The average Bonchev–Trinajstić information content (AvgIpc) is 3.70. The van der Waals surface area contributed by atoms with Crippen molar-refractivity contribution in [1.82, 2.24) is 14.1 Å². The number of benzene rings is 6. The van der Waals surface area contributed by atoms with Crippen molar-refractivity contribution in [3.63, 3.8) is 0 Å². The van der Waals surface area contributed by atoms with Gasteiger partial charge in [0.2, 0.25) is 0 Å².